The van der Waals surface area contributed by atoms with Crippen LogP contribution in [0.3, 0.4) is 0 Å². The number of alkyl halides is 3. The number of hydrogen-bond donors (Lipinski definition) is 2. The first-order valence-electron chi connectivity index (χ1n) is 10.5. The fraction of sp³-hybridized carbons (Fsp3) is 0.250. The molecule has 0 bridgehead atoms. The number of ether oxygens (including phenoxy) is 1. The molecule has 8 nitrogen and oxygen atoms in total. The number of aromatic nitrogens is 2. The van der Waals surface area contributed by atoms with E-state index in [9.17, 15) is 27.6 Å². The molecule has 1 aromatic heterocycles. The monoisotopic (exact) mass is 488 g/mol. The first-order valence-corrected chi connectivity index (χ1v) is 10.5. The molecule has 184 valence electrons. The van der Waals surface area contributed by atoms with Gasteiger partial charge in [-0.25, -0.2) is 4.68 Å². The third-order valence-corrected chi connectivity index (χ3v) is 4.92. The Morgan fingerprint density at radius 1 is 1.00 bits per heavy atom. The lowest BCUT2D eigenvalue weighted by Gasteiger charge is -2.11. The van der Waals surface area contributed by atoms with Crippen molar-refractivity contribution in [3.05, 3.63) is 76.6 Å². The van der Waals surface area contributed by atoms with E-state index in [1.54, 1.807) is 12.1 Å². The Labute approximate surface area is 199 Å². The molecule has 1 heterocycles. The summed E-state index contributed by atoms with van der Waals surface area (Å²) < 4.78 is 45.9. The van der Waals surface area contributed by atoms with Gasteiger partial charge in [-0.3, -0.25) is 25.2 Å². The normalized spacial score (nSPS) is 11.3. The fourth-order valence-electron chi connectivity index (χ4n) is 3.35. The second-order valence-corrected chi connectivity index (χ2v) is 7.93. The summed E-state index contributed by atoms with van der Waals surface area (Å²) in [6.45, 7) is 6.64. The van der Waals surface area contributed by atoms with Crippen LogP contribution in [-0.4, -0.2) is 33.5 Å². The Morgan fingerprint density at radius 2 is 1.66 bits per heavy atom. The number of hydrogen-bond acceptors (Lipinski definition) is 5. The van der Waals surface area contributed by atoms with Crippen LogP contribution in [0.2, 0.25) is 0 Å². The number of hydrazine groups is 1. The molecule has 0 unspecified atom stereocenters. The molecule has 2 amide bonds. The quantitative estimate of drug-likeness (QED) is 0.311. The van der Waals surface area contributed by atoms with Gasteiger partial charge in [0.05, 0.1) is 34.3 Å². The molecular formula is C24H23F3N4O4. The van der Waals surface area contributed by atoms with Crippen molar-refractivity contribution in [1.82, 2.24) is 20.6 Å². The lowest BCUT2D eigenvalue weighted by molar-refractivity contribution is -0.137. The van der Waals surface area contributed by atoms with E-state index in [-0.39, 0.29) is 34.3 Å². The van der Waals surface area contributed by atoms with E-state index in [4.69, 9.17) is 4.74 Å². The number of nitrogens with zero attached hydrogens (tertiary/aromatic N) is 2. The number of aryl methyl sites for hydroxylation is 1. The zero-order valence-corrected chi connectivity index (χ0v) is 19.4. The van der Waals surface area contributed by atoms with Crippen molar-refractivity contribution in [2.24, 2.45) is 0 Å². The topological polar surface area (TPSA) is 102 Å². The van der Waals surface area contributed by atoms with Gasteiger partial charge in [-0.2, -0.15) is 18.3 Å². The maximum Gasteiger partial charge on any atom is 0.416 e. The minimum absolute atomic E-state index is 0.0372. The van der Waals surface area contributed by atoms with E-state index in [0.29, 0.717) is 5.75 Å². The van der Waals surface area contributed by atoms with E-state index in [0.717, 1.165) is 16.8 Å². The highest BCUT2D eigenvalue weighted by Gasteiger charge is 2.31. The predicted octanol–water partition coefficient (Wildman–Crippen LogP) is 3.94. The molecule has 3 rings (SSSR count). The standard InChI is InChI=1S/C24H23F3N4O4/c1-13(2)35-19-10-8-16(9-11-19)22(33)28-29-23(34)21(32)20-14(3)30-31(15(20)4)18-7-5-6-17(12-18)24(25,26)27/h5-13H,1-4H3,(H,28,33)(H,29,34). The second kappa shape index (κ2) is 10.00. The third-order valence-electron chi connectivity index (χ3n) is 4.92. The summed E-state index contributed by atoms with van der Waals surface area (Å²) in [6.07, 6.45) is -4.59. The SMILES string of the molecule is Cc1nn(-c2cccc(C(F)(F)F)c2)c(C)c1C(=O)C(=O)NNC(=O)c1ccc(OC(C)C)cc1. The van der Waals surface area contributed by atoms with Crippen LogP contribution in [-0.2, 0) is 11.0 Å². The smallest absolute Gasteiger partial charge is 0.416 e. The number of benzene rings is 2. The number of halogens is 3. The highest BCUT2D eigenvalue weighted by atomic mass is 19.4. The van der Waals surface area contributed by atoms with Crippen LogP contribution in [0.5, 0.6) is 5.75 Å². The highest BCUT2D eigenvalue weighted by Crippen LogP contribution is 2.31. The van der Waals surface area contributed by atoms with Crippen molar-refractivity contribution in [1.29, 1.82) is 0 Å². The van der Waals surface area contributed by atoms with Gasteiger partial charge in [0, 0.05) is 5.56 Å². The molecule has 2 N–H and O–H groups in total. The van der Waals surface area contributed by atoms with Gasteiger partial charge in [0.25, 0.3) is 11.7 Å². The van der Waals surface area contributed by atoms with Gasteiger partial charge >= 0.3 is 12.1 Å². The minimum Gasteiger partial charge on any atom is -0.491 e. The Bertz CT molecular complexity index is 1260. The number of carbonyl (C=O) groups is 3. The number of nitrogens with one attached hydrogen (secondary N) is 2. The summed E-state index contributed by atoms with van der Waals surface area (Å²) in [5.41, 5.74) is 3.88. The Morgan fingerprint density at radius 3 is 2.26 bits per heavy atom. The summed E-state index contributed by atoms with van der Waals surface area (Å²) in [7, 11) is 0. The average molecular weight is 488 g/mol. The highest BCUT2D eigenvalue weighted by molar-refractivity contribution is 6.43. The van der Waals surface area contributed by atoms with Crippen molar-refractivity contribution >= 4 is 17.6 Å². The maximum absolute atomic E-state index is 13.1. The van der Waals surface area contributed by atoms with Crippen LogP contribution in [0.1, 0.15) is 51.5 Å². The zero-order chi connectivity index (χ0) is 25.9. The first kappa shape index (κ1) is 25.5. The number of carbonyl (C=O) groups excluding carboxylic acids is 3. The second-order valence-electron chi connectivity index (χ2n) is 7.93. The van der Waals surface area contributed by atoms with Gasteiger partial charge in [-0.15, -0.1) is 0 Å². The fourth-order valence-corrected chi connectivity index (χ4v) is 3.35. The Balaban J connectivity index is 1.72. The number of ketones is 1. The maximum atomic E-state index is 13.1. The van der Waals surface area contributed by atoms with E-state index >= 15 is 0 Å². The molecule has 0 radical (unpaired) electrons. The van der Waals surface area contributed by atoms with Crippen molar-refractivity contribution in [2.45, 2.75) is 40.0 Å². The Hall–Kier alpha value is -4.15. The third kappa shape index (κ3) is 5.86. The number of amides is 2. The first-order chi connectivity index (χ1) is 16.4. The van der Waals surface area contributed by atoms with Crippen molar-refractivity contribution in [3.8, 4) is 11.4 Å². The Kier molecular flexibility index (Phi) is 7.28. The predicted molar refractivity (Wildman–Crippen MR) is 120 cm³/mol. The summed E-state index contributed by atoms with van der Waals surface area (Å²) >= 11 is 0. The lowest BCUT2D eigenvalue weighted by Crippen LogP contribution is -2.45. The molecule has 0 saturated carbocycles. The van der Waals surface area contributed by atoms with Crippen molar-refractivity contribution in [2.75, 3.05) is 0 Å². The van der Waals surface area contributed by atoms with E-state index in [1.807, 2.05) is 13.8 Å². The van der Waals surface area contributed by atoms with Gasteiger partial charge in [0.2, 0.25) is 0 Å². The molecule has 11 heteroatoms. The van der Waals surface area contributed by atoms with Crippen LogP contribution < -0.4 is 15.6 Å². The van der Waals surface area contributed by atoms with Gasteiger partial charge in [-0.05, 0) is 70.2 Å². The molecule has 0 fully saturated rings. The van der Waals surface area contributed by atoms with Crippen LogP contribution >= 0.6 is 0 Å². The van der Waals surface area contributed by atoms with E-state index in [2.05, 4.69) is 16.0 Å². The van der Waals surface area contributed by atoms with Crippen LogP contribution in [0, 0.1) is 13.8 Å². The molecular weight excluding hydrogens is 465 g/mol. The molecule has 3 aromatic rings. The van der Waals surface area contributed by atoms with E-state index in [1.165, 1.54) is 38.1 Å². The molecule has 2 aromatic carbocycles. The van der Waals surface area contributed by atoms with Gasteiger partial charge in [0.15, 0.2) is 0 Å². The number of rotatable bonds is 6. The minimum atomic E-state index is -4.55. The molecule has 0 spiro atoms. The van der Waals surface area contributed by atoms with Gasteiger partial charge in [0.1, 0.15) is 5.75 Å². The zero-order valence-electron chi connectivity index (χ0n) is 19.4. The summed E-state index contributed by atoms with van der Waals surface area (Å²) in [4.78, 5) is 37.4. The van der Waals surface area contributed by atoms with Gasteiger partial charge < -0.3 is 4.74 Å². The lowest BCUT2D eigenvalue weighted by atomic mass is 10.1. The average Bonchev–Trinajstić information content (AvgIpc) is 3.10. The van der Waals surface area contributed by atoms with Gasteiger partial charge in [-0.1, -0.05) is 6.07 Å². The van der Waals surface area contributed by atoms with E-state index < -0.39 is 29.3 Å². The van der Waals surface area contributed by atoms with Crippen molar-refractivity contribution in [3.63, 3.8) is 0 Å². The molecule has 0 aliphatic carbocycles. The van der Waals surface area contributed by atoms with Crippen LogP contribution in [0.4, 0.5) is 13.2 Å². The van der Waals surface area contributed by atoms with Crippen LogP contribution in [0.25, 0.3) is 5.69 Å². The molecule has 0 aliphatic rings. The largest absolute Gasteiger partial charge is 0.491 e. The molecule has 0 aliphatic heterocycles. The molecule has 0 atom stereocenters. The summed E-state index contributed by atoms with van der Waals surface area (Å²) in [5, 5.41) is 4.13. The molecule has 35 heavy (non-hydrogen) atoms. The van der Waals surface area contributed by atoms with Crippen LogP contribution in [0.15, 0.2) is 48.5 Å². The number of Topliss-reactive ketones (excluding diaryl/α,β-unsaturated/α-hetero) is 1. The molecule has 0 saturated heterocycles. The summed E-state index contributed by atoms with van der Waals surface area (Å²) in [5.74, 6) is -2.22. The summed E-state index contributed by atoms with van der Waals surface area (Å²) in [6, 6.07) is 10.6. The van der Waals surface area contributed by atoms with Crippen molar-refractivity contribution < 1.29 is 32.3 Å².